The summed E-state index contributed by atoms with van der Waals surface area (Å²) >= 11 is 0. The summed E-state index contributed by atoms with van der Waals surface area (Å²) in [5.74, 6) is -0.159. The van der Waals surface area contributed by atoms with E-state index in [1.807, 2.05) is 0 Å². The standard InChI is InChI=1S/C17H14F3N3O/c1-2-16(24)23-8-7-14-12(10-23)9-15(22-21-14)11-3-5-13(6-4-11)17(18,19)20/h2-6,9H,1,7-8,10H2. The van der Waals surface area contributed by atoms with Crippen molar-refractivity contribution in [3.05, 3.63) is 59.8 Å². The maximum Gasteiger partial charge on any atom is 0.416 e. The minimum Gasteiger partial charge on any atom is -0.334 e. The molecular formula is C17H14F3N3O. The van der Waals surface area contributed by atoms with Crippen molar-refractivity contribution in [1.82, 2.24) is 15.1 Å². The lowest BCUT2D eigenvalue weighted by atomic mass is 10.0. The highest BCUT2D eigenvalue weighted by atomic mass is 19.4. The van der Waals surface area contributed by atoms with Crippen LogP contribution in [0.4, 0.5) is 13.2 Å². The first-order chi connectivity index (χ1) is 11.4. The van der Waals surface area contributed by atoms with E-state index in [4.69, 9.17) is 0 Å². The average molecular weight is 333 g/mol. The molecule has 0 radical (unpaired) electrons. The Morgan fingerprint density at radius 1 is 1.21 bits per heavy atom. The number of aromatic nitrogens is 2. The zero-order valence-corrected chi connectivity index (χ0v) is 12.7. The van der Waals surface area contributed by atoms with Crippen molar-refractivity contribution in [3.8, 4) is 11.3 Å². The number of nitrogens with zero attached hydrogens (tertiary/aromatic N) is 3. The third kappa shape index (κ3) is 3.15. The normalized spacial score (nSPS) is 14.2. The first-order valence-corrected chi connectivity index (χ1v) is 7.33. The summed E-state index contributed by atoms with van der Waals surface area (Å²) < 4.78 is 37.9. The topological polar surface area (TPSA) is 46.1 Å². The van der Waals surface area contributed by atoms with Crippen molar-refractivity contribution >= 4 is 5.91 Å². The smallest absolute Gasteiger partial charge is 0.334 e. The second kappa shape index (κ2) is 6.07. The number of amides is 1. The van der Waals surface area contributed by atoms with Crippen molar-refractivity contribution < 1.29 is 18.0 Å². The van der Waals surface area contributed by atoms with Crippen molar-refractivity contribution in [2.75, 3.05) is 6.54 Å². The maximum absolute atomic E-state index is 12.6. The van der Waals surface area contributed by atoms with Gasteiger partial charge < -0.3 is 4.90 Å². The molecule has 0 unspecified atom stereocenters. The van der Waals surface area contributed by atoms with Gasteiger partial charge in [-0.2, -0.15) is 23.4 Å². The van der Waals surface area contributed by atoms with Gasteiger partial charge in [0.2, 0.25) is 5.91 Å². The van der Waals surface area contributed by atoms with Crippen LogP contribution in [0.3, 0.4) is 0 Å². The van der Waals surface area contributed by atoms with Crippen LogP contribution < -0.4 is 0 Å². The van der Waals surface area contributed by atoms with Crippen molar-refractivity contribution in [3.63, 3.8) is 0 Å². The van der Waals surface area contributed by atoms with Crippen LogP contribution in [0.1, 0.15) is 16.8 Å². The van der Waals surface area contributed by atoms with E-state index < -0.39 is 11.7 Å². The van der Waals surface area contributed by atoms with Crippen molar-refractivity contribution in [1.29, 1.82) is 0 Å². The van der Waals surface area contributed by atoms with Gasteiger partial charge in [0.25, 0.3) is 0 Å². The second-order valence-electron chi connectivity index (χ2n) is 5.49. The molecule has 0 saturated carbocycles. The van der Waals surface area contributed by atoms with Gasteiger partial charge in [0.05, 0.1) is 17.0 Å². The molecule has 2 heterocycles. The molecule has 1 aliphatic heterocycles. The van der Waals surface area contributed by atoms with E-state index in [2.05, 4.69) is 16.8 Å². The zero-order chi connectivity index (χ0) is 17.3. The Hall–Kier alpha value is -2.70. The van der Waals surface area contributed by atoms with Gasteiger partial charge in [-0.3, -0.25) is 4.79 Å². The molecule has 4 nitrogen and oxygen atoms in total. The van der Waals surface area contributed by atoms with E-state index in [9.17, 15) is 18.0 Å². The molecule has 7 heteroatoms. The number of hydrogen-bond acceptors (Lipinski definition) is 3. The minimum atomic E-state index is -4.37. The lowest BCUT2D eigenvalue weighted by Gasteiger charge is -2.27. The highest BCUT2D eigenvalue weighted by Crippen LogP contribution is 2.31. The Labute approximate surface area is 136 Å². The molecule has 0 fully saturated rings. The number of hydrogen-bond donors (Lipinski definition) is 0. The largest absolute Gasteiger partial charge is 0.416 e. The quantitative estimate of drug-likeness (QED) is 0.793. The Balaban J connectivity index is 1.89. The molecule has 2 aromatic rings. The van der Waals surface area contributed by atoms with E-state index in [0.29, 0.717) is 30.8 Å². The third-order valence-electron chi connectivity index (χ3n) is 3.93. The molecule has 1 aliphatic rings. The van der Waals surface area contributed by atoms with Crippen molar-refractivity contribution in [2.45, 2.75) is 19.1 Å². The average Bonchev–Trinajstić information content (AvgIpc) is 2.59. The SMILES string of the molecule is C=CC(=O)N1CCc2nnc(-c3ccc(C(F)(F)F)cc3)cc2C1. The number of rotatable bonds is 2. The van der Waals surface area contributed by atoms with Crippen LogP contribution in [0.25, 0.3) is 11.3 Å². The van der Waals surface area contributed by atoms with Crippen LogP contribution in [0, 0.1) is 0 Å². The van der Waals surface area contributed by atoms with E-state index in [1.54, 1.807) is 11.0 Å². The van der Waals surface area contributed by atoms with Crippen LogP contribution in [0.5, 0.6) is 0 Å². The molecule has 0 bridgehead atoms. The van der Waals surface area contributed by atoms with Gasteiger partial charge in [0.15, 0.2) is 0 Å². The van der Waals surface area contributed by atoms with Gasteiger partial charge in [-0.25, -0.2) is 0 Å². The Morgan fingerprint density at radius 3 is 2.54 bits per heavy atom. The monoisotopic (exact) mass is 333 g/mol. The molecule has 0 N–H and O–H groups in total. The van der Waals surface area contributed by atoms with E-state index in [0.717, 1.165) is 23.4 Å². The molecule has 124 valence electrons. The summed E-state index contributed by atoms with van der Waals surface area (Å²) in [6.07, 6.45) is -2.52. The van der Waals surface area contributed by atoms with Gasteiger partial charge in [-0.05, 0) is 29.8 Å². The van der Waals surface area contributed by atoms with E-state index in [-0.39, 0.29) is 5.91 Å². The van der Waals surface area contributed by atoms with Gasteiger partial charge in [0.1, 0.15) is 0 Å². The summed E-state index contributed by atoms with van der Waals surface area (Å²) in [5.41, 5.74) is 1.97. The van der Waals surface area contributed by atoms with Crippen LogP contribution in [0.15, 0.2) is 43.0 Å². The number of halogens is 3. The molecule has 3 rings (SSSR count). The van der Waals surface area contributed by atoms with Gasteiger partial charge in [-0.1, -0.05) is 18.7 Å². The first-order valence-electron chi connectivity index (χ1n) is 7.33. The number of fused-ring (bicyclic) bond motifs is 1. The summed E-state index contributed by atoms with van der Waals surface area (Å²) in [6.45, 7) is 4.41. The highest BCUT2D eigenvalue weighted by Gasteiger charge is 2.30. The summed E-state index contributed by atoms with van der Waals surface area (Å²) in [6, 6.07) is 6.55. The molecule has 1 aromatic heterocycles. The second-order valence-corrected chi connectivity index (χ2v) is 5.49. The van der Waals surface area contributed by atoms with E-state index in [1.165, 1.54) is 18.2 Å². The molecule has 0 spiro atoms. The van der Waals surface area contributed by atoms with Crippen LogP contribution >= 0.6 is 0 Å². The van der Waals surface area contributed by atoms with Crippen LogP contribution in [-0.4, -0.2) is 27.5 Å². The maximum atomic E-state index is 12.6. The van der Waals surface area contributed by atoms with Gasteiger partial charge >= 0.3 is 6.18 Å². The lowest BCUT2D eigenvalue weighted by molar-refractivity contribution is -0.137. The third-order valence-corrected chi connectivity index (χ3v) is 3.93. The predicted octanol–water partition coefficient (Wildman–Crippen LogP) is 3.23. The van der Waals surface area contributed by atoms with E-state index >= 15 is 0 Å². The first kappa shape index (κ1) is 16.2. The van der Waals surface area contributed by atoms with Crippen LogP contribution in [0.2, 0.25) is 0 Å². The summed E-state index contributed by atoms with van der Waals surface area (Å²) in [7, 11) is 0. The Kier molecular flexibility index (Phi) is 4.09. The Bertz CT molecular complexity index is 785. The fourth-order valence-electron chi connectivity index (χ4n) is 2.62. The zero-order valence-electron chi connectivity index (χ0n) is 12.7. The fourth-order valence-corrected chi connectivity index (χ4v) is 2.62. The van der Waals surface area contributed by atoms with Crippen molar-refractivity contribution in [2.24, 2.45) is 0 Å². The van der Waals surface area contributed by atoms with Gasteiger partial charge in [-0.15, -0.1) is 0 Å². The molecule has 0 atom stereocenters. The number of carbonyl (C=O) groups is 1. The summed E-state index contributed by atoms with van der Waals surface area (Å²) in [4.78, 5) is 13.4. The lowest BCUT2D eigenvalue weighted by Crippen LogP contribution is -2.35. The number of benzene rings is 1. The molecule has 0 aliphatic carbocycles. The minimum absolute atomic E-state index is 0.159. The molecule has 24 heavy (non-hydrogen) atoms. The molecular weight excluding hydrogens is 319 g/mol. The summed E-state index contributed by atoms with van der Waals surface area (Å²) in [5, 5.41) is 8.24. The highest BCUT2D eigenvalue weighted by molar-refractivity contribution is 5.87. The number of alkyl halides is 3. The Morgan fingerprint density at radius 2 is 1.92 bits per heavy atom. The predicted molar refractivity (Wildman–Crippen MR) is 81.8 cm³/mol. The molecule has 1 amide bonds. The van der Waals surface area contributed by atoms with Gasteiger partial charge in [0, 0.05) is 25.1 Å². The molecule has 0 saturated heterocycles. The molecule has 1 aromatic carbocycles. The van der Waals surface area contributed by atoms with Crippen LogP contribution in [-0.2, 0) is 23.9 Å². The fraction of sp³-hybridized carbons (Fsp3) is 0.235. The number of carbonyl (C=O) groups excluding carboxylic acids is 1.